The number of halogens is 1. The molecule has 2 nitrogen and oxygen atoms in total. The van der Waals surface area contributed by atoms with Crippen molar-refractivity contribution < 1.29 is 4.74 Å². The highest BCUT2D eigenvalue weighted by Gasteiger charge is 1.97. The Hall–Kier alpha value is -0.240. The molecule has 0 aliphatic carbocycles. The first-order valence-corrected chi connectivity index (χ1v) is 10.0. The van der Waals surface area contributed by atoms with E-state index in [1.807, 2.05) is 6.92 Å². The third-order valence-electron chi connectivity index (χ3n) is 4.33. The summed E-state index contributed by atoms with van der Waals surface area (Å²) in [6, 6.07) is 0. The Balaban J connectivity index is 0. The van der Waals surface area contributed by atoms with Crippen molar-refractivity contribution in [1.29, 1.82) is 5.41 Å². The van der Waals surface area contributed by atoms with Crippen molar-refractivity contribution in [1.82, 2.24) is 0 Å². The predicted octanol–water partition coefficient (Wildman–Crippen LogP) is 7.68. The minimum atomic E-state index is 0. The average Bonchev–Trinajstić information content (AvgIpc) is 2.51. The van der Waals surface area contributed by atoms with Gasteiger partial charge in [0.05, 0.1) is 6.61 Å². The summed E-state index contributed by atoms with van der Waals surface area (Å²) in [6.07, 6.45) is 21.6. The fraction of sp³-hybridized carbons (Fsp3) is 0.950. The molecule has 140 valence electrons. The van der Waals surface area contributed by atoms with Crippen LogP contribution in [-0.4, -0.2) is 12.5 Å². The normalized spacial score (nSPS) is 10.3. The minimum Gasteiger partial charge on any atom is -0.481 e. The molecule has 0 aromatic heterocycles. The highest BCUT2D eigenvalue weighted by atomic mass is 35.5. The molecular formula is C20H42ClNO. The van der Waals surface area contributed by atoms with Gasteiger partial charge >= 0.3 is 0 Å². The number of hydrogen-bond acceptors (Lipinski definition) is 2. The van der Waals surface area contributed by atoms with E-state index in [2.05, 4.69) is 6.92 Å². The molecule has 1 N–H and O–H groups in total. The Morgan fingerprint density at radius 2 is 0.957 bits per heavy atom. The van der Waals surface area contributed by atoms with E-state index in [0.29, 0.717) is 12.5 Å². The van der Waals surface area contributed by atoms with Crippen molar-refractivity contribution in [3.63, 3.8) is 0 Å². The van der Waals surface area contributed by atoms with Crippen LogP contribution < -0.4 is 0 Å². The van der Waals surface area contributed by atoms with Crippen molar-refractivity contribution in [2.45, 2.75) is 117 Å². The molecule has 0 radical (unpaired) electrons. The molecule has 3 heteroatoms. The largest absolute Gasteiger partial charge is 0.481 e. The van der Waals surface area contributed by atoms with Gasteiger partial charge in [-0.25, -0.2) is 0 Å². The number of unbranched alkanes of at least 4 members (excludes halogenated alkanes) is 14. The number of ether oxygens (including phenoxy) is 1. The molecule has 0 unspecified atom stereocenters. The monoisotopic (exact) mass is 347 g/mol. The Morgan fingerprint density at radius 1 is 0.609 bits per heavy atom. The molecule has 0 aromatic carbocycles. The second-order valence-electron chi connectivity index (χ2n) is 6.56. The summed E-state index contributed by atoms with van der Waals surface area (Å²) in [5.41, 5.74) is 0. The summed E-state index contributed by atoms with van der Waals surface area (Å²) in [6.45, 7) is 4.87. The summed E-state index contributed by atoms with van der Waals surface area (Å²) in [5, 5.41) is 7.54. The van der Waals surface area contributed by atoms with Gasteiger partial charge in [0.15, 0.2) is 5.90 Å². The van der Waals surface area contributed by atoms with Crippen LogP contribution in [0.4, 0.5) is 0 Å². The van der Waals surface area contributed by atoms with Gasteiger partial charge in [0.2, 0.25) is 0 Å². The molecule has 0 aromatic rings. The van der Waals surface area contributed by atoms with E-state index in [4.69, 9.17) is 10.1 Å². The van der Waals surface area contributed by atoms with Crippen molar-refractivity contribution in [3.05, 3.63) is 0 Å². The van der Waals surface area contributed by atoms with Gasteiger partial charge in [0.25, 0.3) is 0 Å². The zero-order valence-corrected chi connectivity index (χ0v) is 16.7. The average molecular weight is 348 g/mol. The topological polar surface area (TPSA) is 33.1 Å². The number of nitrogens with one attached hydrogen (secondary N) is 1. The van der Waals surface area contributed by atoms with E-state index < -0.39 is 0 Å². The molecule has 0 saturated carbocycles. The van der Waals surface area contributed by atoms with Gasteiger partial charge in [0, 0.05) is 6.42 Å². The molecule has 0 saturated heterocycles. The first-order valence-electron chi connectivity index (χ1n) is 10.0. The molecule has 0 heterocycles. The van der Waals surface area contributed by atoms with Crippen LogP contribution in [0.3, 0.4) is 0 Å². The number of hydrogen-bond donors (Lipinski definition) is 1. The zero-order valence-electron chi connectivity index (χ0n) is 15.8. The van der Waals surface area contributed by atoms with E-state index in [9.17, 15) is 0 Å². The first kappa shape index (κ1) is 25.0. The maximum atomic E-state index is 7.54. The second kappa shape index (κ2) is 21.8. The van der Waals surface area contributed by atoms with Gasteiger partial charge in [-0.05, 0) is 13.3 Å². The smallest absolute Gasteiger partial charge is 0.180 e. The summed E-state index contributed by atoms with van der Waals surface area (Å²) in [7, 11) is 0. The van der Waals surface area contributed by atoms with Gasteiger partial charge in [-0.15, -0.1) is 12.4 Å². The first-order chi connectivity index (χ1) is 10.8. The fourth-order valence-corrected chi connectivity index (χ4v) is 2.90. The minimum absolute atomic E-state index is 0. The van der Waals surface area contributed by atoms with E-state index in [-0.39, 0.29) is 12.4 Å². The standard InChI is InChI=1S/C20H41NO.ClH/c1-3-5-6-7-8-9-10-11-12-13-14-15-16-17-18-19-20(21)22-4-2;/h21H,3-19H2,1-2H3;1H. The van der Waals surface area contributed by atoms with Crippen LogP contribution in [0.1, 0.15) is 117 Å². The summed E-state index contributed by atoms with van der Waals surface area (Å²) in [5.74, 6) is 0.470. The fourth-order valence-electron chi connectivity index (χ4n) is 2.90. The second-order valence-corrected chi connectivity index (χ2v) is 6.56. The molecule has 0 rings (SSSR count). The van der Waals surface area contributed by atoms with E-state index in [0.717, 1.165) is 12.8 Å². The van der Waals surface area contributed by atoms with Crippen molar-refractivity contribution in [2.24, 2.45) is 0 Å². The van der Waals surface area contributed by atoms with Crippen molar-refractivity contribution in [2.75, 3.05) is 6.61 Å². The van der Waals surface area contributed by atoms with E-state index >= 15 is 0 Å². The quantitative estimate of drug-likeness (QED) is 0.163. The Kier molecular flexibility index (Phi) is 23.7. The Bertz CT molecular complexity index is 234. The van der Waals surface area contributed by atoms with Crippen molar-refractivity contribution in [3.8, 4) is 0 Å². The third kappa shape index (κ3) is 21.8. The van der Waals surface area contributed by atoms with Crippen LogP contribution in [0.15, 0.2) is 0 Å². The highest BCUT2D eigenvalue weighted by Crippen LogP contribution is 2.13. The predicted molar refractivity (Wildman–Crippen MR) is 106 cm³/mol. The zero-order chi connectivity index (χ0) is 16.3. The van der Waals surface area contributed by atoms with Gasteiger partial charge in [0.1, 0.15) is 0 Å². The van der Waals surface area contributed by atoms with Gasteiger partial charge in [-0.2, -0.15) is 0 Å². The summed E-state index contributed by atoms with van der Waals surface area (Å²) < 4.78 is 5.14. The summed E-state index contributed by atoms with van der Waals surface area (Å²) in [4.78, 5) is 0. The number of rotatable bonds is 17. The van der Waals surface area contributed by atoms with Crippen LogP contribution in [0.25, 0.3) is 0 Å². The van der Waals surface area contributed by atoms with Crippen LogP contribution in [0.5, 0.6) is 0 Å². The molecular weight excluding hydrogens is 306 g/mol. The summed E-state index contributed by atoms with van der Waals surface area (Å²) >= 11 is 0. The van der Waals surface area contributed by atoms with Crippen LogP contribution in [-0.2, 0) is 4.74 Å². The van der Waals surface area contributed by atoms with Crippen LogP contribution >= 0.6 is 12.4 Å². The lowest BCUT2D eigenvalue weighted by molar-refractivity contribution is 0.312. The lowest BCUT2D eigenvalue weighted by atomic mass is 10.0. The molecule has 0 atom stereocenters. The lowest BCUT2D eigenvalue weighted by Gasteiger charge is -2.05. The highest BCUT2D eigenvalue weighted by molar-refractivity contribution is 5.85. The molecule has 0 aliphatic rings. The molecule has 23 heavy (non-hydrogen) atoms. The maximum Gasteiger partial charge on any atom is 0.180 e. The molecule has 0 fully saturated rings. The third-order valence-corrected chi connectivity index (χ3v) is 4.33. The maximum absolute atomic E-state index is 7.54. The molecule has 0 aliphatic heterocycles. The van der Waals surface area contributed by atoms with Crippen LogP contribution in [0.2, 0.25) is 0 Å². The van der Waals surface area contributed by atoms with E-state index in [1.165, 1.54) is 89.9 Å². The van der Waals surface area contributed by atoms with Gasteiger partial charge in [-0.1, -0.05) is 96.8 Å². The van der Waals surface area contributed by atoms with E-state index in [1.54, 1.807) is 0 Å². The lowest BCUT2D eigenvalue weighted by Crippen LogP contribution is -2.02. The molecule has 0 amide bonds. The Labute approximate surface area is 152 Å². The van der Waals surface area contributed by atoms with Gasteiger partial charge in [-0.3, -0.25) is 5.41 Å². The van der Waals surface area contributed by atoms with Gasteiger partial charge < -0.3 is 4.74 Å². The molecule has 0 spiro atoms. The van der Waals surface area contributed by atoms with Crippen molar-refractivity contribution >= 4 is 18.3 Å². The van der Waals surface area contributed by atoms with Crippen LogP contribution in [0, 0.1) is 5.41 Å². The Morgan fingerprint density at radius 3 is 1.30 bits per heavy atom. The molecule has 0 bridgehead atoms. The SMILES string of the molecule is CCCCCCCCCCCCCCCCCC(=N)OCC.Cl.